The molecule has 22 heavy (non-hydrogen) atoms. The van der Waals surface area contributed by atoms with Gasteiger partial charge in [-0.25, -0.2) is 4.98 Å². The van der Waals surface area contributed by atoms with E-state index in [-0.39, 0.29) is 17.7 Å². The molecule has 2 amide bonds. The van der Waals surface area contributed by atoms with Crippen molar-refractivity contribution in [3.63, 3.8) is 0 Å². The average Bonchev–Trinajstić information content (AvgIpc) is 3.15. The van der Waals surface area contributed by atoms with Gasteiger partial charge in [0.05, 0.1) is 22.7 Å². The summed E-state index contributed by atoms with van der Waals surface area (Å²) >= 11 is 1.59. The highest BCUT2D eigenvalue weighted by atomic mass is 32.1. The first-order valence-electron chi connectivity index (χ1n) is 7.62. The molecule has 2 fully saturated rings. The Hall–Kier alpha value is -1.95. The van der Waals surface area contributed by atoms with Crippen LogP contribution in [0.25, 0.3) is 10.2 Å². The third-order valence-corrected chi connectivity index (χ3v) is 5.31. The summed E-state index contributed by atoms with van der Waals surface area (Å²) in [6.45, 7) is 1.02. The molecular formula is C16H17N3O2S. The number of hydrogen-bond donors (Lipinski definition) is 1. The van der Waals surface area contributed by atoms with Crippen LogP contribution in [0.4, 0.5) is 0 Å². The quantitative estimate of drug-likeness (QED) is 0.937. The molecule has 2 heterocycles. The Morgan fingerprint density at radius 1 is 1.36 bits per heavy atom. The lowest BCUT2D eigenvalue weighted by atomic mass is 10.1. The SMILES string of the molecule is O=C(NCc1nc2ccccc2s1)[C@H]1CC(=O)N(C2CC2)C1. The fourth-order valence-corrected chi connectivity index (χ4v) is 3.86. The van der Waals surface area contributed by atoms with E-state index in [9.17, 15) is 9.59 Å². The summed E-state index contributed by atoms with van der Waals surface area (Å²) in [6.07, 6.45) is 2.53. The predicted molar refractivity (Wildman–Crippen MR) is 84.3 cm³/mol. The van der Waals surface area contributed by atoms with Crippen LogP contribution in [0, 0.1) is 5.92 Å². The van der Waals surface area contributed by atoms with E-state index in [0.717, 1.165) is 28.1 Å². The van der Waals surface area contributed by atoms with Crippen LogP contribution < -0.4 is 5.32 Å². The lowest BCUT2D eigenvalue weighted by Crippen LogP contribution is -2.33. The van der Waals surface area contributed by atoms with Crippen molar-refractivity contribution >= 4 is 33.4 Å². The van der Waals surface area contributed by atoms with Gasteiger partial charge in [-0.3, -0.25) is 9.59 Å². The first kappa shape index (κ1) is 13.7. The number of rotatable bonds is 4. The fourth-order valence-electron chi connectivity index (χ4n) is 2.95. The number of hydrogen-bond acceptors (Lipinski definition) is 4. The number of aromatic nitrogens is 1. The average molecular weight is 315 g/mol. The molecule has 114 valence electrons. The summed E-state index contributed by atoms with van der Waals surface area (Å²) in [4.78, 5) is 30.5. The van der Waals surface area contributed by atoms with Crippen LogP contribution >= 0.6 is 11.3 Å². The van der Waals surface area contributed by atoms with Crippen molar-refractivity contribution in [2.24, 2.45) is 5.92 Å². The summed E-state index contributed by atoms with van der Waals surface area (Å²) < 4.78 is 1.13. The van der Waals surface area contributed by atoms with E-state index >= 15 is 0 Å². The molecule has 0 bridgehead atoms. The summed E-state index contributed by atoms with van der Waals surface area (Å²) in [6, 6.07) is 8.34. The van der Waals surface area contributed by atoms with E-state index < -0.39 is 0 Å². The molecule has 1 atom stereocenters. The number of likely N-dealkylation sites (tertiary alicyclic amines) is 1. The van der Waals surface area contributed by atoms with Gasteiger partial charge in [-0.2, -0.15) is 0 Å². The van der Waals surface area contributed by atoms with E-state index in [0.29, 0.717) is 25.6 Å². The number of nitrogens with one attached hydrogen (secondary N) is 1. The van der Waals surface area contributed by atoms with Gasteiger partial charge >= 0.3 is 0 Å². The summed E-state index contributed by atoms with van der Waals surface area (Å²) in [5.74, 6) is -0.110. The van der Waals surface area contributed by atoms with Crippen molar-refractivity contribution in [2.75, 3.05) is 6.54 Å². The van der Waals surface area contributed by atoms with Crippen molar-refractivity contribution in [2.45, 2.75) is 31.8 Å². The van der Waals surface area contributed by atoms with Gasteiger partial charge in [0.15, 0.2) is 0 Å². The highest BCUT2D eigenvalue weighted by molar-refractivity contribution is 7.18. The van der Waals surface area contributed by atoms with E-state index in [1.54, 1.807) is 11.3 Å². The van der Waals surface area contributed by atoms with Crippen LogP contribution in [0.1, 0.15) is 24.3 Å². The van der Waals surface area contributed by atoms with Crippen molar-refractivity contribution in [3.8, 4) is 0 Å². The maximum absolute atomic E-state index is 12.3. The van der Waals surface area contributed by atoms with Crippen LogP contribution in [0.3, 0.4) is 0 Å². The standard InChI is InChI=1S/C16H17N3O2S/c20-15-7-10(9-19(15)11-5-6-11)16(21)17-8-14-18-12-3-1-2-4-13(12)22-14/h1-4,10-11H,5-9H2,(H,17,21)/t10-/m0/s1. The second-order valence-corrected chi connectivity index (χ2v) is 7.09. The maximum atomic E-state index is 12.3. The lowest BCUT2D eigenvalue weighted by Gasteiger charge is -2.15. The number of carbonyl (C=O) groups is 2. The Balaban J connectivity index is 1.37. The fraction of sp³-hybridized carbons (Fsp3) is 0.438. The van der Waals surface area contributed by atoms with Crippen LogP contribution in [-0.2, 0) is 16.1 Å². The number of fused-ring (bicyclic) bond motifs is 1. The normalized spacial score (nSPS) is 21.5. The van der Waals surface area contributed by atoms with Gasteiger partial charge in [-0.1, -0.05) is 12.1 Å². The molecule has 0 radical (unpaired) electrons. The molecule has 2 aromatic rings. The van der Waals surface area contributed by atoms with E-state index in [4.69, 9.17) is 0 Å². The van der Waals surface area contributed by atoms with Gasteiger partial charge in [-0.15, -0.1) is 11.3 Å². The minimum atomic E-state index is -0.206. The zero-order chi connectivity index (χ0) is 15.1. The van der Waals surface area contributed by atoms with Crippen molar-refractivity contribution in [1.29, 1.82) is 0 Å². The molecule has 1 saturated carbocycles. The van der Waals surface area contributed by atoms with Gasteiger partial charge in [0.2, 0.25) is 11.8 Å². The zero-order valence-corrected chi connectivity index (χ0v) is 12.9. The van der Waals surface area contributed by atoms with Gasteiger partial charge in [0.1, 0.15) is 5.01 Å². The van der Waals surface area contributed by atoms with Crippen LogP contribution in [0.5, 0.6) is 0 Å². The Morgan fingerprint density at radius 3 is 2.95 bits per heavy atom. The third kappa shape index (κ3) is 2.59. The van der Waals surface area contributed by atoms with Gasteiger partial charge < -0.3 is 10.2 Å². The minimum absolute atomic E-state index is 0.0317. The molecule has 1 aromatic heterocycles. The molecule has 1 aliphatic heterocycles. The first-order chi connectivity index (χ1) is 10.7. The summed E-state index contributed by atoms with van der Waals surface area (Å²) in [5, 5.41) is 3.83. The number of benzene rings is 1. The number of para-hydroxylation sites is 1. The Morgan fingerprint density at radius 2 is 2.18 bits per heavy atom. The van der Waals surface area contributed by atoms with E-state index in [2.05, 4.69) is 10.3 Å². The molecule has 1 saturated heterocycles. The Kier molecular flexibility index (Phi) is 3.33. The Labute approximate surface area is 132 Å². The summed E-state index contributed by atoms with van der Waals surface area (Å²) in [5.41, 5.74) is 0.965. The molecule has 5 nitrogen and oxygen atoms in total. The maximum Gasteiger partial charge on any atom is 0.225 e. The summed E-state index contributed by atoms with van der Waals surface area (Å²) in [7, 11) is 0. The lowest BCUT2D eigenvalue weighted by molar-refractivity contribution is -0.129. The zero-order valence-electron chi connectivity index (χ0n) is 12.1. The smallest absolute Gasteiger partial charge is 0.225 e. The first-order valence-corrected chi connectivity index (χ1v) is 8.44. The van der Waals surface area contributed by atoms with Gasteiger partial charge in [-0.05, 0) is 25.0 Å². The number of thiazole rings is 1. The molecule has 2 aliphatic rings. The van der Waals surface area contributed by atoms with Crippen molar-refractivity contribution in [3.05, 3.63) is 29.3 Å². The Bertz CT molecular complexity index is 705. The molecular weight excluding hydrogens is 298 g/mol. The van der Waals surface area contributed by atoms with Crippen LogP contribution in [-0.4, -0.2) is 34.3 Å². The molecule has 4 rings (SSSR count). The molecule has 1 aliphatic carbocycles. The van der Waals surface area contributed by atoms with Crippen LogP contribution in [0.15, 0.2) is 24.3 Å². The number of amides is 2. The topological polar surface area (TPSA) is 62.3 Å². The second kappa shape index (κ2) is 5.35. The number of carbonyl (C=O) groups excluding carboxylic acids is 2. The molecule has 0 spiro atoms. The molecule has 1 aromatic carbocycles. The van der Waals surface area contributed by atoms with E-state index in [1.165, 1.54) is 0 Å². The largest absolute Gasteiger partial charge is 0.349 e. The minimum Gasteiger partial charge on any atom is -0.349 e. The molecule has 1 N–H and O–H groups in total. The molecule has 6 heteroatoms. The second-order valence-electron chi connectivity index (χ2n) is 5.97. The molecule has 0 unspecified atom stereocenters. The monoisotopic (exact) mass is 315 g/mol. The van der Waals surface area contributed by atoms with Crippen molar-refractivity contribution < 1.29 is 9.59 Å². The van der Waals surface area contributed by atoms with Crippen LogP contribution in [0.2, 0.25) is 0 Å². The highest BCUT2D eigenvalue weighted by Gasteiger charge is 2.41. The third-order valence-electron chi connectivity index (χ3n) is 4.27. The van der Waals surface area contributed by atoms with Crippen molar-refractivity contribution in [1.82, 2.24) is 15.2 Å². The van der Waals surface area contributed by atoms with Gasteiger partial charge in [0.25, 0.3) is 0 Å². The van der Waals surface area contributed by atoms with E-state index in [1.807, 2.05) is 29.2 Å². The van der Waals surface area contributed by atoms with Gasteiger partial charge in [0, 0.05) is 19.0 Å². The highest BCUT2D eigenvalue weighted by Crippen LogP contribution is 2.32. The number of nitrogens with zero attached hydrogens (tertiary/aromatic N) is 2. The predicted octanol–water partition coefficient (Wildman–Crippen LogP) is 1.92.